The van der Waals surface area contributed by atoms with Crippen LogP contribution in [0, 0.1) is 0 Å². The van der Waals surface area contributed by atoms with Gasteiger partial charge in [0.15, 0.2) is 0 Å². The van der Waals surface area contributed by atoms with Crippen LogP contribution in [0.1, 0.15) is 52.0 Å². The van der Waals surface area contributed by atoms with Gasteiger partial charge in [-0.2, -0.15) is 0 Å². The molecule has 3 aromatic rings. The number of carbonyl (C=O) groups excluding carboxylic acids is 3. The first-order chi connectivity index (χ1) is 17.0. The highest BCUT2D eigenvalue weighted by Crippen LogP contribution is 2.34. The smallest absolute Gasteiger partial charge is 0.293 e. The number of anilines is 1. The normalized spacial score (nSPS) is 19.2. The van der Waals surface area contributed by atoms with Crippen molar-refractivity contribution in [1.82, 2.24) is 4.90 Å². The monoisotopic (exact) mass is 488 g/mol. The number of hydrogen-bond donors (Lipinski definition) is 1. The fraction of sp³-hybridized carbons (Fsp3) is 0.250. The summed E-state index contributed by atoms with van der Waals surface area (Å²) in [6.07, 6.45) is 3.22. The summed E-state index contributed by atoms with van der Waals surface area (Å²) in [4.78, 5) is 38.2. The first-order valence-corrected chi connectivity index (χ1v) is 12.1. The highest BCUT2D eigenvalue weighted by molar-refractivity contribution is 6.31. The molecule has 2 aliphatic rings. The van der Waals surface area contributed by atoms with E-state index in [1.54, 1.807) is 24.3 Å². The molecule has 0 spiro atoms. The number of benzene rings is 3. The van der Waals surface area contributed by atoms with Crippen molar-refractivity contribution in [2.75, 3.05) is 5.32 Å². The Morgan fingerprint density at radius 1 is 0.971 bits per heavy atom. The maximum Gasteiger partial charge on any atom is 0.293 e. The van der Waals surface area contributed by atoms with Gasteiger partial charge >= 0.3 is 0 Å². The average Bonchev–Trinajstić information content (AvgIpc) is 3.21. The molecule has 0 aromatic heterocycles. The number of carbonyl (C=O) groups is 3. The highest BCUT2D eigenvalue weighted by atomic mass is 35.5. The fourth-order valence-corrected chi connectivity index (χ4v) is 5.14. The molecule has 35 heavy (non-hydrogen) atoms. The van der Waals surface area contributed by atoms with E-state index in [9.17, 15) is 14.4 Å². The molecule has 7 heteroatoms. The molecule has 5 rings (SSSR count). The van der Waals surface area contributed by atoms with Crippen LogP contribution in [0.5, 0.6) is 0 Å². The molecule has 2 amide bonds. The standard InChI is InChI=1S/C28H25ClN2O4/c29-22-3-1-2-20(14-22)27(33)30-23-8-6-18(7-9-23)19-4-5-21-16-31(28(34)26(21)15-19)24-10-12-25(13-11-24)35-17-32/h1-9,14-15,17,24-25H,10-13,16H2,(H,30,33). The van der Waals surface area contributed by atoms with E-state index < -0.39 is 0 Å². The second kappa shape index (κ2) is 9.92. The lowest BCUT2D eigenvalue weighted by Crippen LogP contribution is -2.39. The maximum atomic E-state index is 13.2. The molecule has 1 aliphatic carbocycles. The van der Waals surface area contributed by atoms with Crippen molar-refractivity contribution in [3.05, 3.63) is 88.4 Å². The first kappa shape index (κ1) is 23.1. The van der Waals surface area contributed by atoms with Gasteiger partial charge in [0.2, 0.25) is 0 Å². The summed E-state index contributed by atoms with van der Waals surface area (Å²) in [6, 6.07) is 20.5. The number of amides is 2. The van der Waals surface area contributed by atoms with E-state index in [2.05, 4.69) is 5.32 Å². The zero-order valence-corrected chi connectivity index (χ0v) is 19.8. The van der Waals surface area contributed by atoms with Crippen molar-refractivity contribution in [3.63, 3.8) is 0 Å². The van der Waals surface area contributed by atoms with Crippen LogP contribution in [0.3, 0.4) is 0 Å². The minimum Gasteiger partial charge on any atom is -0.465 e. The lowest BCUT2D eigenvalue weighted by atomic mass is 9.92. The summed E-state index contributed by atoms with van der Waals surface area (Å²) in [5.41, 5.74) is 4.87. The van der Waals surface area contributed by atoms with Crippen molar-refractivity contribution in [2.24, 2.45) is 0 Å². The van der Waals surface area contributed by atoms with E-state index in [0.717, 1.165) is 47.9 Å². The van der Waals surface area contributed by atoms with E-state index in [4.69, 9.17) is 16.3 Å². The Bertz CT molecular complexity index is 1270. The van der Waals surface area contributed by atoms with Gasteiger partial charge in [0.05, 0.1) is 0 Å². The summed E-state index contributed by atoms with van der Waals surface area (Å²) < 4.78 is 5.09. The molecule has 178 valence electrons. The Kier molecular flexibility index (Phi) is 6.55. The molecule has 6 nitrogen and oxygen atoms in total. The second-order valence-electron chi connectivity index (χ2n) is 9.01. The van der Waals surface area contributed by atoms with Crippen LogP contribution in [-0.2, 0) is 16.1 Å². The van der Waals surface area contributed by atoms with Crippen LogP contribution in [0.15, 0.2) is 66.7 Å². The predicted octanol–water partition coefficient (Wildman–Crippen LogP) is 5.70. The van der Waals surface area contributed by atoms with Crippen LogP contribution in [0.25, 0.3) is 11.1 Å². The Labute approximate surface area is 208 Å². The molecule has 0 bridgehead atoms. The van der Waals surface area contributed by atoms with E-state index in [0.29, 0.717) is 29.3 Å². The summed E-state index contributed by atoms with van der Waals surface area (Å²) in [7, 11) is 0. The molecule has 1 heterocycles. The van der Waals surface area contributed by atoms with Crippen molar-refractivity contribution in [1.29, 1.82) is 0 Å². The molecule has 3 aromatic carbocycles. The SMILES string of the molecule is O=COC1CCC(N2Cc3ccc(-c4ccc(NC(=O)c5cccc(Cl)c5)cc4)cc3C2=O)CC1. The largest absolute Gasteiger partial charge is 0.465 e. The summed E-state index contributed by atoms with van der Waals surface area (Å²) in [5, 5.41) is 3.39. The number of nitrogens with zero attached hydrogens (tertiary/aromatic N) is 1. The third-order valence-corrected chi connectivity index (χ3v) is 7.07. The maximum absolute atomic E-state index is 13.2. The molecule has 1 N–H and O–H groups in total. The predicted molar refractivity (Wildman–Crippen MR) is 134 cm³/mol. The molecule has 0 saturated heterocycles. The molecular weight excluding hydrogens is 464 g/mol. The summed E-state index contributed by atoms with van der Waals surface area (Å²) >= 11 is 5.98. The van der Waals surface area contributed by atoms with Crippen LogP contribution in [0.4, 0.5) is 5.69 Å². The van der Waals surface area contributed by atoms with Crippen molar-refractivity contribution < 1.29 is 19.1 Å². The van der Waals surface area contributed by atoms with Gasteiger partial charge in [0.1, 0.15) is 6.10 Å². The Morgan fingerprint density at radius 3 is 2.43 bits per heavy atom. The molecule has 1 fully saturated rings. The number of nitrogens with one attached hydrogen (secondary N) is 1. The molecule has 0 unspecified atom stereocenters. The topological polar surface area (TPSA) is 75.7 Å². The number of rotatable bonds is 6. The van der Waals surface area contributed by atoms with Gasteiger partial charge in [-0.05, 0) is 78.8 Å². The minimum absolute atomic E-state index is 0.0336. The summed E-state index contributed by atoms with van der Waals surface area (Å²) in [6.45, 7) is 1.13. The Hall–Kier alpha value is -3.64. The lowest BCUT2D eigenvalue weighted by molar-refractivity contribution is -0.135. The van der Waals surface area contributed by atoms with Crippen LogP contribution in [0.2, 0.25) is 5.02 Å². The van der Waals surface area contributed by atoms with Gasteiger partial charge < -0.3 is 15.0 Å². The first-order valence-electron chi connectivity index (χ1n) is 11.7. The average molecular weight is 489 g/mol. The minimum atomic E-state index is -0.227. The van der Waals surface area contributed by atoms with Crippen LogP contribution >= 0.6 is 11.6 Å². The molecule has 1 saturated carbocycles. The Balaban J connectivity index is 1.26. The van der Waals surface area contributed by atoms with Crippen molar-refractivity contribution in [3.8, 4) is 11.1 Å². The zero-order chi connectivity index (χ0) is 24.4. The lowest BCUT2D eigenvalue weighted by Gasteiger charge is -2.33. The van der Waals surface area contributed by atoms with E-state index in [-0.39, 0.29) is 24.0 Å². The molecular formula is C28H25ClN2O4. The molecule has 0 radical (unpaired) electrons. The van der Waals surface area contributed by atoms with Crippen molar-refractivity contribution in [2.45, 2.75) is 44.4 Å². The van der Waals surface area contributed by atoms with Crippen LogP contribution < -0.4 is 5.32 Å². The third-order valence-electron chi connectivity index (χ3n) is 6.84. The van der Waals surface area contributed by atoms with E-state index >= 15 is 0 Å². The zero-order valence-electron chi connectivity index (χ0n) is 19.1. The van der Waals surface area contributed by atoms with Gasteiger partial charge in [-0.15, -0.1) is 0 Å². The number of hydrogen-bond acceptors (Lipinski definition) is 4. The highest BCUT2D eigenvalue weighted by Gasteiger charge is 2.35. The fourth-order valence-electron chi connectivity index (χ4n) is 4.95. The number of halogens is 1. The van der Waals surface area contributed by atoms with E-state index in [1.165, 1.54) is 0 Å². The van der Waals surface area contributed by atoms with E-state index in [1.807, 2.05) is 47.4 Å². The molecule has 0 atom stereocenters. The van der Waals surface area contributed by atoms with Gasteiger partial charge in [-0.25, -0.2) is 0 Å². The van der Waals surface area contributed by atoms with Crippen molar-refractivity contribution >= 4 is 35.6 Å². The third kappa shape index (κ3) is 4.93. The Morgan fingerprint density at radius 2 is 1.71 bits per heavy atom. The quantitative estimate of drug-likeness (QED) is 0.451. The van der Waals surface area contributed by atoms with Crippen LogP contribution in [-0.4, -0.2) is 35.3 Å². The van der Waals surface area contributed by atoms with Gasteiger partial charge in [0, 0.05) is 34.4 Å². The van der Waals surface area contributed by atoms with Gasteiger partial charge in [-0.1, -0.05) is 41.9 Å². The molecule has 1 aliphatic heterocycles. The van der Waals surface area contributed by atoms with Gasteiger partial charge in [-0.3, -0.25) is 14.4 Å². The second-order valence-corrected chi connectivity index (χ2v) is 9.45. The summed E-state index contributed by atoms with van der Waals surface area (Å²) in [5.74, 6) is -0.165. The van der Waals surface area contributed by atoms with Gasteiger partial charge in [0.25, 0.3) is 18.3 Å². The number of ether oxygens (including phenoxy) is 1. The number of fused-ring (bicyclic) bond motifs is 1.